The summed E-state index contributed by atoms with van der Waals surface area (Å²) in [6, 6.07) is 11.0. The number of hydrogen-bond donors (Lipinski definition) is 1. The molecular formula is C20H19Cl2N3O2. The summed E-state index contributed by atoms with van der Waals surface area (Å²) in [4.78, 5) is 27.9. The van der Waals surface area contributed by atoms with Crippen molar-refractivity contribution in [2.24, 2.45) is 0 Å². The highest BCUT2D eigenvalue weighted by Gasteiger charge is 2.33. The third-order valence-corrected chi connectivity index (χ3v) is 5.57. The molecule has 2 aliphatic rings. The van der Waals surface area contributed by atoms with E-state index in [1.807, 2.05) is 31.3 Å². The van der Waals surface area contributed by atoms with Crippen LogP contribution in [-0.2, 0) is 16.1 Å². The molecule has 4 rings (SSSR count). The van der Waals surface area contributed by atoms with Gasteiger partial charge in [-0.3, -0.25) is 14.5 Å². The Hall–Kier alpha value is -2.08. The second-order valence-electron chi connectivity index (χ2n) is 6.99. The predicted octanol–water partition coefficient (Wildman–Crippen LogP) is 4.25. The summed E-state index contributed by atoms with van der Waals surface area (Å²) in [6.07, 6.45) is 0.515. The van der Waals surface area contributed by atoms with Crippen molar-refractivity contribution in [2.45, 2.75) is 25.4 Å². The van der Waals surface area contributed by atoms with Gasteiger partial charge in [-0.25, -0.2) is 4.90 Å². The summed E-state index contributed by atoms with van der Waals surface area (Å²) in [7, 11) is 2.03. The Balaban J connectivity index is 1.72. The molecule has 0 bridgehead atoms. The average Bonchev–Trinajstić information content (AvgIpc) is 2.95. The second-order valence-corrected chi connectivity index (χ2v) is 7.83. The largest absolute Gasteiger partial charge is 0.375 e. The van der Waals surface area contributed by atoms with Crippen LogP contribution in [0.25, 0.3) is 0 Å². The van der Waals surface area contributed by atoms with Crippen LogP contribution in [0.1, 0.15) is 30.0 Å². The Morgan fingerprint density at radius 2 is 1.78 bits per heavy atom. The number of fused-ring (bicyclic) bond motifs is 1. The van der Waals surface area contributed by atoms with Crippen LogP contribution in [0, 0.1) is 0 Å². The zero-order chi connectivity index (χ0) is 19.1. The molecule has 0 unspecified atom stereocenters. The molecule has 2 heterocycles. The number of rotatable bonds is 3. The van der Waals surface area contributed by atoms with Crippen molar-refractivity contribution >= 4 is 46.4 Å². The van der Waals surface area contributed by atoms with E-state index in [0.717, 1.165) is 29.9 Å². The Kier molecular flexibility index (Phi) is 4.84. The van der Waals surface area contributed by atoms with E-state index in [9.17, 15) is 9.59 Å². The summed E-state index contributed by atoms with van der Waals surface area (Å²) in [6.45, 7) is 1.49. The minimum atomic E-state index is -0.165. The van der Waals surface area contributed by atoms with E-state index >= 15 is 0 Å². The molecule has 0 aromatic heterocycles. The van der Waals surface area contributed by atoms with Crippen molar-refractivity contribution in [3.05, 3.63) is 57.6 Å². The van der Waals surface area contributed by atoms with Gasteiger partial charge in [-0.05, 0) is 42.4 Å². The maximum absolute atomic E-state index is 12.2. The zero-order valence-corrected chi connectivity index (χ0v) is 16.3. The SMILES string of the molecule is CN1Cc2c(Cl)cc(Cl)cc2[C@@H](Nc2ccccc2N2C(=O)CCC2=O)C1. The van der Waals surface area contributed by atoms with Crippen molar-refractivity contribution in [1.82, 2.24) is 4.90 Å². The maximum Gasteiger partial charge on any atom is 0.234 e. The monoisotopic (exact) mass is 403 g/mol. The van der Waals surface area contributed by atoms with Crippen LogP contribution in [0.15, 0.2) is 36.4 Å². The molecule has 1 atom stereocenters. The number of hydrogen-bond acceptors (Lipinski definition) is 4. The summed E-state index contributed by atoms with van der Waals surface area (Å²) in [5, 5.41) is 4.74. The molecule has 1 saturated heterocycles. The number of nitrogens with zero attached hydrogens (tertiary/aromatic N) is 2. The molecule has 0 saturated carbocycles. The first-order valence-corrected chi connectivity index (χ1v) is 9.57. The van der Waals surface area contributed by atoms with Gasteiger partial charge in [0.2, 0.25) is 11.8 Å². The molecule has 27 heavy (non-hydrogen) atoms. The van der Waals surface area contributed by atoms with Crippen molar-refractivity contribution in [2.75, 3.05) is 23.8 Å². The smallest absolute Gasteiger partial charge is 0.234 e. The molecule has 140 valence electrons. The van der Waals surface area contributed by atoms with Crippen molar-refractivity contribution in [1.29, 1.82) is 0 Å². The van der Waals surface area contributed by atoms with Gasteiger partial charge < -0.3 is 5.32 Å². The summed E-state index contributed by atoms with van der Waals surface area (Å²) >= 11 is 12.7. The van der Waals surface area contributed by atoms with E-state index in [0.29, 0.717) is 15.7 Å². The third-order valence-electron chi connectivity index (χ3n) is 5.02. The number of carbonyl (C=O) groups excluding carboxylic acids is 2. The highest BCUT2D eigenvalue weighted by atomic mass is 35.5. The van der Waals surface area contributed by atoms with Crippen molar-refractivity contribution in [3.63, 3.8) is 0 Å². The fraction of sp³-hybridized carbons (Fsp3) is 0.300. The molecule has 5 nitrogen and oxygen atoms in total. The van der Waals surface area contributed by atoms with Crippen molar-refractivity contribution < 1.29 is 9.59 Å². The third kappa shape index (κ3) is 3.43. The lowest BCUT2D eigenvalue weighted by molar-refractivity contribution is -0.121. The van der Waals surface area contributed by atoms with Crippen LogP contribution in [0.2, 0.25) is 10.0 Å². The lowest BCUT2D eigenvalue weighted by Crippen LogP contribution is -2.35. The predicted molar refractivity (Wildman–Crippen MR) is 107 cm³/mol. The molecule has 2 aliphatic heterocycles. The Morgan fingerprint density at radius 3 is 2.52 bits per heavy atom. The molecule has 1 fully saturated rings. The average molecular weight is 404 g/mol. The van der Waals surface area contributed by atoms with E-state index in [1.54, 1.807) is 12.1 Å². The minimum absolute atomic E-state index is 0.0658. The first-order chi connectivity index (χ1) is 12.9. The van der Waals surface area contributed by atoms with Gasteiger partial charge in [0.1, 0.15) is 0 Å². The molecule has 0 aliphatic carbocycles. The molecule has 1 N–H and O–H groups in total. The maximum atomic E-state index is 12.2. The Morgan fingerprint density at radius 1 is 1.07 bits per heavy atom. The van der Waals surface area contributed by atoms with Gasteiger partial charge in [0.25, 0.3) is 0 Å². The fourth-order valence-electron chi connectivity index (χ4n) is 3.79. The van der Waals surface area contributed by atoms with Crippen LogP contribution in [0.3, 0.4) is 0 Å². The van der Waals surface area contributed by atoms with Gasteiger partial charge in [0.05, 0.1) is 17.4 Å². The number of halogens is 2. The van der Waals surface area contributed by atoms with Gasteiger partial charge in [0.15, 0.2) is 0 Å². The van der Waals surface area contributed by atoms with Crippen LogP contribution in [0.4, 0.5) is 11.4 Å². The number of para-hydroxylation sites is 2. The highest BCUT2D eigenvalue weighted by Crippen LogP contribution is 2.38. The van der Waals surface area contributed by atoms with E-state index in [1.165, 1.54) is 4.90 Å². The summed E-state index contributed by atoms with van der Waals surface area (Å²) in [5.74, 6) is -0.331. The van der Waals surface area contributed by atoms with E-state index in [-0.39, 0.29) is 30.7 Å². The van der Waals surface area contributed by atoms with E-state index < -0.39 is 0 Å². The normalized spacial score (nSPS) is 20.1. The number of amides is 2. The number of anilines is 2. The molecule has 7 heteroatoms. The molecule has 0 spiro atoms. The number of nitrogens with one attached hydrogen (secondary N) is 1. The molecule has 2 aromatic rings. The molecule has 0 radical (unpaired) electrons. The van der Waals surface area contributed by atoms with Crippen LogP contribution >= 0.6 is 23.2 Å². The summed E-state index contributed by atoms with van der Waals surface area (Å²) < 4.78 is 0. The lowest BCUT2D eigenvalue weighted by Gasteiger charge is -2.34. The molecule has 2 amide bonds. The van der Waals surface area contributed by atoms with Gasteiger partial charge in [-0.2, -0.15) is 0 Å². The summed E-state index contributed by atoms with van der Waals surface area (Å²) in [5.41, 5.74) is 3.41. The van der Waals surface area contributed by atoms with Gasteiger partial charge in [-0.15, -0.1) is 0 Å². The zero-order valence-electron chi connectivity index (χ0n) is 14.8. The first-order valence-electron chi connectivity index (χ1n) is 8.82. The van der Waals surface area contributed by atoms with Gasteiger partial charge in [0, 0.05) is 36.0 Å². The van der Waals surface area contributed by atoms with Crippen LogP contribution in [0.5, 0.6) is 0 Å². The number of carbonyl (C=O) groups is 2. The van der Waals surface area contributed by atoms with Gasteiger partial charge >= 0.3 is 0 Å². The minimum Gasteiger partial charge on any atom is -0.375 e. The fourth-order valence-corrected chi connectivity index (χ4v) is 4.36. The highest BCUT2D eigenvalue weighted by molar-refractivity contribution is 6.35. The first kappa shape index (κ1) is 18.3. The van der Waals surface area contributed by atoms with E-state index in [2.05, 4.69) is 10.2 Å². The molecular weight excluding hydrogens is 385 g/mol. The number of likely N-dealkylation sites (N-methyl/N-ethyl adjacent to an activating group) is 1. The van der Waals surface area contributed by atoms with Crippen molar-refractivity contribution in [3.8, 4) is 0 Å². The van der Waals surface area contributed by atoms with Gasteiger partial charge in [-0.1, -0.05) is 35.3 Å². The van der Waals surface area contributed by atoms with Crippen LogP contribution < -0.4 is 10.2 Å². The Bertz CT molecular complexity index is 915. The molecule has 2 aromatic carbocycles. The quantitative estimate of drug-likeness (QED) is 0.778. The number of imide groups is 1. The Labute approximate surface area is 167 Å². The lowest BCUT2D eigenvalue weighted by atomic mass is 9.95. The van der Waals surface area contributed by atoms with Crippen LogP contribution in [-0.4, -0.2) is 30.3 Å². The standard InChI is InChI=1S/C20H19Cl2N3O2/c1-24-10-14-13(8-12(21)9-15(14)22)17(11-24)23-16-4-2-3-5-18(16)25-19(26)6-7-20(25)27/h2-5,8-9,17,23H,6-7,10-11H2,1H3/t17-/m0/s1. The topological polar surface area (TPSA) is 52.6 Å². The number of benzene rings is 2. The second kappa shape index (κ2) is 7.15. The van der Waals surface area contributed by atoms with E-state index in [4.69, 9.17) is 23.2 Å².